The third-order valence-corrected chi connectivity index (χ3v) is 11.5. The van der Waals surface area contributed by atoms with E-state index in [2.05, 4.69) is 79.0 Å². The van der Waals surface area contributed by atoms with Crippen LogP contribution in [0.3, 0.4) is 0 Å². The monoisotopic (exact) mass is 425 g/mol. The molecule has 0 saturated carbocycles. The van der Waals surface area contributed by atoms with Crippen molar-refractivity contribution in [2.24, 2.45) is 5.41 Å². The van der Waals surface area contributed by atoms with Gasteiger partial charge in [-0.2, -0.15) is 0 Å². The van der Waals surface area contributed by atoms with E-state index in [4.69, 9.17) is 0 Å². The maximum absolute atomic E-state index is 2.80. The Morgan fingerprint density at radius 1 is 0.773 bits per heavy atom. The molecule has 1 aliphatic carbocycles. The molecule has 0 aliphatic heterocycles. The Balaban J connectivity index is 0. The smallest absolute Gasteiger partial charge is 0.147 e. The van der Waals surface area contributed by atoms with E-state index in [9.17, 15) is 0 Å². The minimum absolute atomic E-state index is 0. The maximum Gasteiger partial charge on any atom is -0.147 e. The zero-order valence-electron chi connectivity index (χ0n) is 16.3. The Morgan fingerprint density at radius 3 is 1.36 bits per heavy atom. The van der Waals surface area contributed by atoms with Crippen molar-refractivity contribution in [3.05, 3.63) is 20.0 Å². The van der Waals surface area contributed by atoms with E-state index < -0.39 is 23.5 Å². The average Bonchev–Trinajstić information content (AvgIpc) is 2.35. The van der Waals surface area contributed by atoms with Gasteiger partial charge in [0.15, 0.2) is 0 Å². The number of nitrogens with zero attached hydrogens (tertiary/aromatic N) is 1. The molecule has 0 amide bonds. The third kappa shape index (κ3) is 4.95. The third-order valence-electron chi connectivity index (χ3n) is 4.63. The van der Waals surface area contributed by atoms with Crippen molar-refractivity contribution in [3.8, 4) is 0 Å². The van der Waals surface area contributed by atoms with E-state index in [-0.39, 0.29) is 41.3 Å². The molecular weight excluding hydrogens is 392 g/mol. The zero-order valence-corrected chi connectivity index (χ0v) is 20.4. The topological polar surface area (TPSA) is 3.24 Å². The van der Waals surface area contributed by atoms with E-state index in [0.717, 1.165) is 0 Å². The fourth-order valence-electron chi connectivity index (χ4n) is 3.27. The largest absolute Gasteiger partial charge is 0.147 e. The summed E-state index contributed by atoms with van der Waals surface area (Å²) in [6.45, 7) is 26.0. The molecule has 130 valence electrons. The Labute approximate surface area is 163 Å². The number of hydrogen-bond acceptors (Lipinski definition) is 1. The molecule has 0 radical (unpaired) electrons. The molecule has 1 nitrogen and oxygen atoms in total. The fourth-order valence-corrected chi connectivity index (χ4v) is 7.49. The van der Waals surface area contributed by atoms with Crippen molar-refractivity contribution in [2.45, 2.75) is 87.2 Å². The first-order valence-corrected chi connectivity index (χ1v) is 10.00. The van der Waals surface area contributed by atoms with Crippen LogP contribution in [0.15, 0.2) is 20.0 Å². The van der Waals surface area contributed by atoms with Crippen molar-refractivity contribution in [3.63, 3.8) is 0 Å². The maximum atomic E-state index is 2.80. The number of allylic oxidation sites excluding steroid dienone is 4. The molecule has 22 heavy (non-hydrogen) atoms. The Bertz CT molecular complexity index is 448. The summed E-state index contributed by atoms with van der Waals surface area (Å²) in [7, 11) is 0. The second kappa shape index (κ2) is 7.86. The minimum Gasteiger partial charge on any atom is -0.147 e. The summed E-state index contributed by atoms with van der Waals surface area (Å²) in [6.07, 6.45) is 0. The van der Waals surface area contributed by atoms with Crippen LogP contribution in [-0.4, -0.2) is 13.9 Å². The van der Waals surface area contributed by atoms with Crippen LogP contribution < -0.4 is 0 Å². The van der Waals surface area contributed by atoms with Gasteiger partial charge in [-0.25, -0.2) is 0 Å². The minimum atomic E-state index is -0.788. The molecule has 0 bridgehead atoms. The molecule has 1 aliphatic rings. The summed E-state index contributed by atoms with van der Waals surface area (Å²) in [5.41, 5.74) is 5.46. The molecule has 0 fully saturated rings. The second-order valence-corrected chi connectivity index (χ2v) is 11.5. The van der Waals surface area contributed by atoms with Crippen molar-refractivity contribution < 1.29 is 23.5 Å². The molecule has 0 atom stereocenters. The second-order valence-electron chi connectivity index (χ2n) is 8.66. The molecule has 0 spiro atoms. The van der Waals surface area contributed by atoms with E-state index in [1.165, 1.54) is 5.57 Å². The van der Waals surface area contributed by atoms with Gasteiger partial charge in [-0.3, -0.25) is 0 Å². The first-order valence-electron chi connectivity index (χ1n) is 7.67. The van der Waals surface area contributed by atoms with Gasteiger partial charge in [0.2, 0.25) is 0 Å². The Morgan fingerprint density at radius 2 is 1.14 bits per heavy atom. The summed E-state index contributed by atoms with van der Waals surface area (Å²) in [4.78, 5) is 0. The fraction of sp³-hybridized carbons (Fsp3) is 0.778. The van der Waals surface area contributed by atoms with E-state index >= 15 is 0 Å². The van der Waals surface area contributed by atoms with Gasteiger partial charge in [-0.05, 0) is 0 Å². The van der Waals surface area contributed by atoms with Crippen LogP contribution in [-0.2, 0) is 23.5 Å². The van der Waals surface area contributed by atoms with Crippen molar-refractivity contribution in [2.75, 3.05) is 0 Å². The molecule has 0 aromatic heterocycles. The van der Waals surface area contributed by atoms with Crippen LogP contribution in [0.2, 0.25) is 0 Å². The van der Waals surface area contributed by atoms with Crippen molar-refractivity contribution in [1.82, 2.24) is 2.84 Å². The predicted molar refractivity (Wildman–Crippen MR) is 101 cm³/mol. The van der Waals surface area contributed by atoms with Crippen LogP contribution >= 0.6 is 24.8 Å². The van der Waals surface area contributed by atoms with Gasteiger partial charge in [0.25, 0.3) is 0 Å². The van der Waals surface area contributed by atoms with Gasteiger partial charge in [0.05, 0.1) is 0 Å². The standard InChI is InChI=1S/C10H15.C8H18N.2ClH.Zr/c1-7-6-10(4,5)9(3)8(7)2;1-7(2,3)9-8(4,5)6;;;/h1-5H3;1-6H3;2*1H;/q;-1;;;+1. The molecule has 0 unspecified atom stereocenters. The van der Waals surface area contributed by atoms with Gasteiger partial charge < -0.3 is 0 Å². The summed E-state index contributed by atoms with van der Waals surface area (Å²) in [5, 5.41) is 0. The number of halogens is 2. The number of rotatable bonds is 2. The SMILES string of the molecule is CC1=C(C)C(C)(C)[C]([Zr][N](C(C)(C)C)C(C)(C)C)=C1C.Cl.Cl. The Hall–Kier alpha value is 0.903. The summed E-state index contributed by atoms with van der Waals surface area (Å²) < 4.78 is 4.57. The van der Waals surface area contributed by atoms with Crippen LogP contribution in [0.25, 0.3) is 0 Å². The summed E-state index contributed by atoms with van der Waals surface area (Å²) >= 11 is -0.788. The number of hydrogen-bond donors (Lipinski definition) is 0. The summed E-state index contributed by atoms with van der Waals surface area (Å²) in [5.74, 6) is 0. The molecule has 0 saturated heterocycles. The molecule has 0 heterocycles. The van der Waals surface area contributed by atoms with Gasteiger partial charge in [-0.1, -0.05) is 0 Å². The van der Waals surface area contributed by atoms with Crippen LogP contribution in [0.4, 0.5) is 0 Å². The molecule has 0 N–H and O–H groups in total. The van der Waals surface area contributed by atoms with E-state index in [0.29, 0.717) is 0 Å². The van der Waals surface area contributed by atoms with Crippen LogP contribution in [0.1, 0.15) is 76.2 Å². The van der Waals surface area contributed by atoms with Gasteiger partial charge in [-0.15, -0.1) is 24.8 Å². The van der Waals surface area contributed by atoms with Crippen LogP contribution in [0.5, 0.6) is 0 Å². The first-order chi connectivity index (χ1) is 8.70. The molecule has 4 heteroatoms. The van der Waals surface area contributed by atoms with E-state index in [1.54, 1.807) is 14.4 Å². The molecular formula is C18H35Cl2NZr. The average molecular weight is 428 g/mol. The predicted octanol–water partition coefficient (Wildman–Crippen LogP) is 6.38. The quantitative estimate of drug-likeness (QED) is 0.494. The normalized spacial score (nSPS) is 18.4. The van der Waals surface area contributed by atoms with Crippen molar-refractivity contribution >= 4 is 24.8 Å². The van der Waals surface area contributed by atoms with Crippen LogP contribution in [0, 0.1) is 5.41 Å². The summed E-state index contributed by atoms with van der Waals surface area (Å²) in [6, 6.07) is 0. The van der Waals surface area contributed by atoms with Gasteiger partial charge in [0.1, 0.15) is 0 Å². The molecule has 1 rings (SSSR count). The molecule has 0 aromatic rings. The Kier molecular flexibility index (Phi) is 8.98. The van der Waals surface area contributed by atoms with E-state index in [1.807, 2.05) is 0 Å². The van der Waals surface area contributed by atoms with Gasteiger partial charge in [0, 0.05) is 0 Å². The molecule has 0 aromatic carbocycles. The van der Waals surface area contributed by atoms with Gasteiger partial charge >= 0.3 is 139 Å². The zero-order chi connectivity index (χ0) is 16.1. The first kappa shape index (κ1) is 25.1. The van der Waals surface area contributed by atoms with Crippen molar-refractivity contribution in [1.29, 1.82) is 0 Å².